The molecule has 0 saturated carbocycles. The van der Waals surface area contributed by atoms with Gasteiger partial charge in [0.05, 0.1) is 22.3 Å². The summed E-state index contributed by atoms with van der Waals surface area (Å²) in [6, 6.07) is 18.3. The molecule has 1 aliphatic rings. The predicted molar refractivity (Wildman–Crippen MR) is 129 cm³/mol. The minimum atomic E-state index is -0.149. The molecule has 0 aliphatic carbocycles. The number of aromatic nitrogens is 2. The summed E-state index contributed by atoms with van der Waals surface area (Å²) >= 11 is 1.26. The van der Waals surface area contributed by atoms with Crippen molar-refractivity contribution in [3.05, 3.63) is 87.7 Å². The SMILES string of the molecule is Cc1cccc(-n2c(SCC(=O)c3ccc4c(c3)OCCO4)nc3ccccc3c2=O)c1C. The zero-order chi connectivity index (χ0) is 22.9. The fourth-order valence-corrected chi connectivity index (χ4v) is 4.73. The summed E-state index contributed by atoms with van der Waals surface area (Å²) in [5.74, 6) is 1.28. The van der Waals surface area contributed by atoms with Gasteiger partial charge in [-0.3, -0.25) is 14.2 Å². The van der Waals surface area contributed by atoms with Crippen molar-refractivity contribution in [2.45, 2.75) is 19.0 Å². The number of hydrogen-bond acceptors (Lipinski definition) is 6. The Balaban J connectivity index is 1.53. The van der Waals surface area contributed by atoms with E-state index in [1.54, 1.807) is 28.8 Å². The first kappa shape index (κ1) is 21.3. The number of fused-ring (bicyclic) bond motifs is 2. The molecular formula is C26H22N2O4S. The molecule has 7 heteroatoms. The van der Waals surface area contributed by atoms with Crippen LogP contribution in [0.5, 0.6) is 11.5 Å². The van der Waals surface area contributed by atoms with Crippen LogP contribution in [0, 0.1) is 13.8 Å². The highest BCUT2D eigenvalue weighted by atomic mass is 32.2. The van der Waals surface area contributed by atoms with Crippen molar-refractivity contribution < 1.29 is 14.3 Å². The van der Waals surface area contributed by atoms with Crippen LogP contribution in [0.4, 0.5) is 0 Å². The van der Waals surface area contributed by atoms with Gasteiger partial charge in [-0.1, -0.05) is 36.0 Å². The van der Waals surface area contributed by atoms with Gasteiger partial charge in [-0.2, -0.15) is 0 Å². The summed E-state index contributed by atoms with van der Waals surface area (Å²) in [6.45, 7) is 4.96. The van der Waals surface area contributed by atoms with E-state index in [-0.39, 0.29) is 17.1 Å². The number of Topliss-reactive ketones (excluding diaryl/α,β-unsaturated/α-hetero) is 1. The summed E-state index contributed by atoms with van der Waals surface area (Å²) in [5.41, 5.74) is 3.84. The van der Waals surface area contributed by atoms with Gasteiger partial charge in [-0.15, -0.1) is 0 Å². The molecule has 0 fully saturated rings. The van der Waals surface area contributed by atoms with Gasteiger partial charge in [0, 0.05) is 5.56 Å². The van der Waals surface area contributed by atoms with E-state index in [0.717, 1.165) is 16.8 Å². The number of ether oxygens (including phenoxy) is 2. The third kappa shape index (κ3) is 4.00. The molecule has 33 heavy (non-hydrogen) atoms. The smallest absolute Gasteiger partial charge is 0.266 e. The molecule has 0 radical (unpaired) electrons. The quantitative estimate of drug-likeness (QED) is 0.244. The Hall–Kier alpha value is -3.58. The van der Waals surface area contributed by atoms with Crippen LogP contribution in [-0.2, 0) is 0 Å². The van der Waals surface area contributed by atoms with Gasteiger partial charge in [0.25, 0.3) is 5.56 Å². The standard InChI is InChI=1S/C26H22N2O4S/c1-16-6-5-9-21(17(16)2)28-25(30)19-7-3-4-8-20(19)27-26(28)33-15-22(29)18-10-11-23-24(14-18)32-13-12-31-23/h3-11,14H,12-13,15H2,1-2H3. The van der Waals surface area contributed by atoms with E-state index in [2.05, 4.69) is 0 Å². The second-order valence-corrected chi connectivity index (χ2v) is 8.78. The molecule has 0 bridgehead atoms. The average molecular weight is 459 g/mol. The molecule has 0 N–H and O–H groups in total. The molecule has 5 rings (SSSR count). The van der Waals surface area contributed by atoms with Gasteiger partial charge in [0.1, 0.15) is 13.2 Å². The van der Waals surface area contributed by atoms with E-state index in [4.69, 9.17) is 14.5 Å². The van der Waals surface area contributed by atoms with E-state index in [1.807, 2.05) is 50.2 Å². The predicted octanol–water partition coefficient (Wildman–Crippen LogP) is 4.75. The van der Waals surface area contributed by atoms with Crippen LogP contribution in [-0.4, -0.2) is 34.3 Å². The fourth-order valence-electron chi connectivity index (χ4n) is 3.83. The Morgan fingerprint density at radius 1 is 1.00 bits per heavy atom. The molecule has 2 heterocycles. The molecular weight excluding hydrogens is 436 g/mol. The maximum absolute atomic E-state index is 13.5. The van der Waals surface area contributed by atoms with E-state index in [9.17, 15) is 9.59 Å². The number of carbonyl (C=O) groups is 1. The molecule has 0 amide bonds. The monoisotopic (exact) mass is 458 g/mol. The largest absolute Gasteiger partial charge is 0.486 e. The third-order valence-electron chi connectivity index (χ3n) is 5.76. The molecule has 0 unspecified atom stereocenters. The molecule has 4 aromatic rings. The van der Waals surface area contributed by atoms with Crippen molar-refractivity contribution in [1.29, 1.82) is 0 Å². The Kier molecular flexibility index (Phi) is 5.64. The van der Waals surface area contributed by atoms with Crippen molar-refractivity contribution in [1.82, 2.24) is 9.55 Å². The second kappa shape index (κ2) is 8.75. The number of para-hydroxylation sites is 1. The van der Waals surface area contributed by atoms with Crippen molar-refractivity contribution in [2.24, 2.45) is 0 Å². The molecule has 6 nitrogen and oxygen atoms in total. The van der Waals surface area contributed by atoms with Crippen molar-refractivity contribution in [3.8, 4) is 17.2 Å². The maximum Gasteiger partial charge on any atom is 0.266 e. The Bertz CT molecular complexity index is 1440. The molecule has 0 atom stereocenters. The van der Waals surface area contributed by atoms with Crippen LogP contribution in [0.15, 0.2) is 70.6 Å². The highest BCUT2D eigenvalue weighted by Gasteiger charge is 2.19. The van der Waals surface area contributed by atoms with E-state index in [0.29, 0.717) is 46.3 Å². The maximum atomic E-state index is 13.5. The number of benzene rings is 3. The molecule has 0 saturated heterocycles. The minimum absolute atomic E-state index is 0.0769. The summed E-state index contributed by atoms with van der Waals surface area (Å²) in [5, 5.41) is 1.03. The number of rotatable bonds is 5. The van der Waals surface area contributed by atoms with Crippen LogP contribution in [0.3, 0.4) is 0 Å². The first-order valence-electron chi connectivity index (χ1n) is 10.7. The average Bonchev–Trinajstić information content (AvgIpc) is 2.84. The van der Waals surface area contributed by atoms with Gasteiger partial charge >= 0.3 is 0 Å². The normalized spacial score (nSPS) is 12.7. The lowest BCUT2D eigenvalue weighted by Gasteiger charge is -2.18. The fraction of sp³-hybridized carbons (Fsp3) is 0.192. The van der Waals surface area contributed by atoms with Crippen molar-refractivity contribution in [3.63, 3.8) is 0 Å². The number of nitrogens with zero attached hydrogens (tertiary/aromatic N) is 2. The van der Waals surface area contributed by atoms with Crippen LogP contribution >= 0.6 is 11.8 Å². The number of hydrogen-bond donors (Lipinski definition) is 0. The van der Waals surface area contributed by atoms with Gasteiger partial charge in [0.2, 0.25) is 0 Å². The molecule has 3 aromatic carbocycles. The van der Waals surface area contributed by atoms with E-state index < -0.39 is 0 Å². The summed E-state index contributed by atoms with van der Waals surface area (Å²) < 4.78 is 12.8. The molecule has 0 spiro atoms. The highest BCUT2D eigenvalue weighted by Crippen LogP contribution is 2.32. The molecule has 1 aliphatic heterocycles. The number of ketones is 1. The van der Waals surface area contributed by atoms with Crippen LogP contribution in [0.1, 0.15) is 21.5 Å². The van der Waals surface area contributed by atoms with Crippen LogP contribution in [0.25, 0.3) is 16.6 Å². The summed E-state index contributed by atoms with van der Waals surface area (Å²) in [6.07, 6.45) is 0. The lowest BCUT2D eigenvalue weighted by atomic mass is 10.1. The number of thioether (sulfide) groups is 1. The van der Waals surface area contributed by atoms with E-state index in [1.165, 1.54) is 11.8 Å². The lowest BCUT2D eigenvalue weighted by Crippen LogP contribution is -2.23. The minimum Gasteiger partial charge on any atom is -0.486 e. The zero-order valence-electron chi connectivity index (χ0n) is 18.3. The van der Waals surface area contributed by atoms with Gasteiger partial charge in [-0.05, 0) is 61.4 Å². The summed E-state index contributed by atoms with van der Waals surface area (Å²) in [7, 11) is 0. The number of carbonyl (C=O) groups excluding carboxylic acids is 1. The Morgan fingerprint density at radius 3 is 2.64 bits per heavy atom. The van der Waals surface area contributed by atoms with Gasteiger partial charge in [-0.25, -0.2) is 4.98 Å². The first-order valence-corrected chi connectivity index (χ1v) is 11.7. The zero-order valence-corrected chi connectivity index (χ0v) is 19.1. The highest BCUT2D eigenvalue weighted by molar-refractivity contribution is 7.99. The third-order valence-corrected chi connectivity index (χ3v) is 6.70. The molecule has 166 valence electrons. The van der Waals surface area contributed by atoms with Crippen molar-refractivity contribution >= 4 is 28.4 Å². The van der Waals surface area contributed by atoms with Crippen LogP contribution < -0.4 is 15.0 Å². The van der Waals surface area contributed by atoms with Gasteiger partial charge < -0.3 is 9.47 Å². The number of aryl methyl sites for hydroxylation is 1. The summed E-state index contributed by atoms with van der Waals surface area (Å²) in [4.78, 5) is 31.2. The van der Waals surface area contributed by atoms with Crippen LogP contribution in [0.2, 0.25) is 0 Å². The Labute approximate surface area is 195 Å². The van der Waals surface area contributed by atoms with Gasteiger partial charge in [0.15, 0.2) is 22.4 Å². The first-order chi connectivity index (χ1) is 16.0. The van der Waals surface area contributed by atoms with Crippen molar-refractivity contribution in [2.75, 3.05) is 19.0 Å². The van der Waals surface area contributed by atoms with E-state index >= 15 is 0 Å². The topological polar surface area (TPSA) is 70.4 Å². The lowest BCUT2D eigenvalue weighted by molar-refractivity contribution is 0.102. The second-order valence-electron chi connectivity index (χ2n) is 7.84. The molecule has 1 aromatic heterocycles. The Morgan fingerprint density at radius 2 is 1.79 bits per heavy atom.